The summed E-state index contributed by atoms with van der Waals surface area (Å²) in [6.45, 7) is 7.28. The first-order valence-corrected chi connectivity index (χ1v) is 20.2. The summed E-state index contributed by atoms with van der Waals surface area (Å²) in [4.78, 5) is 30.8. The van der Waals surface area contributed by atoms with E-state index in [1.807, 2.05) is 49.4 Å². The monoisotopic (exact) mass is 757 g/mol. The molecule has 52 heavy (non-hydrogen) atoms. The summed E-state index contributed by atoms with van der Waals surface area (Å²) in [5.41, 5.74) is 3.23. The first kappa shape index (κ1) is 36.9. The van der Waals surface area contributed by atoms with Crippen LogP contribution in [0.25, 0.3) is 11.1 Å². The number of piperazine rings is 1. The third-order valence-corrected chi connectivity index (χ3v) is 11.8. The summed E-state index contributed by atoms with van der Waals surface area (Å²) >= 11 is 3.35. The molecule has 0 radical (unpaired) electrons. The lowest BCUT2D eigenvalue weighted by molar-refractivity contribution is -0.384. The number of nitrogens with one attached hydrogen (secondary N) is 2. The normalized spacial score (nSPS) is 13.4. The Bertz CT molecular complexity index is 2100. The van der Waals surface area contributed by atoms with Crippen molar-refractivity contribution in [3.05, 3.63) is 129 Å². The van der Waals surface area contributed by atoms with E-state index in [2.05, 4.69) is 43.4 Å². The van der Waals surface area contributed by atoms with Crippen molar-refractivity contribution in [2.45, 2.75) is 23.3 Å². The number of nitrogens with zero attached hydrogens (tertiary/aromatic N) is 3. The largest absolute Gasteiger partial charge is 0.494 e. The molecule has 0 atom stereocenters. The van der Waals surface area contributed by atoms with Crippen LogP contribution in [-0.4, -0.2) is 69.2 Å². The predicted octanol–water partition coefficient (Wildman–Crippen LogP) is 7.37. The third-order valence-electron chi connectivity index (χ3n) is 8.51. The van der Waals surface area contributed by atoms with Crippen molar-refractivity contribution < 1.29 is 22.9 Å². The number of sulfonamides is 1. The molecule has 1 amide bonds. The number of carbonyl (C=O) groups is 1. The van der Waals surface area contributed by atoms with Gasteiger partial charge < -0.3 is 15.0 Å². The van der Waals surface area contributed by atoms with Gasteiger partial charge >= 0.3 is 0 Å². The SMILES string of the molecule is CCOc1cccc(-c2csc(CN3CCN(c4ccc(C(=O)NS(=O)(=O)c5ccc(NCCSc6ccccc6)c([N+](=O)[O-])c5)cc4)CC3)c2)c1. The molecule has 0 saturated carbocycles. The zero-order valence-corrected chi connectivity index (χ0v) is 31.0. The average molecular weight is 758 g/mol. The van der Waals surface area contributed by atoms with E-state index in [1.165, 1.54) is 22.6 Å². The summed E-state index contributed by atoms with van der Waals surface area (Å²) in [6.07, 6.45) is 0. The fourth-order valence-electron chi connectivity index (χ4n) is 5.85. The van der Waals surface area contributed by atoms with E-state index in [4.69, 9.17) is 4.74 Å². The highest BCUT2D eigenvalue weighted by molar-refractivity contribution is 7.99. The van der Waals surface area contributed by atoms with Gasteiger partial charge in [-0.05, 0) is 90.2 Å². The second-order valence-electron chi connectivity index (χ2n) is 12.0. The number of anilines is 2. The molecule has 1 aliphatic rings. The smallest absolute Gasteiger partial charge is 0.293 e. The van der Waals surface area contributed by atoms with Crippen molar-refractivity contribution in [1.29, 1.82) is 0 Å². The highest BCUT2D eigenvalue weighted by Crippen LogP contribution is 2.30. The molecule has 6 rings (SSSR count). The van der Waals surface area contributed by atoms with Gasteiger partial charge in [0, 0.05) is 72.1 Å². The zero-order valence-electron chi connectivity index (χ0n) is 28.6. The summed E-state index contributed by atoms with van der Waals surface area (Å²) in [5.74, 6) is 0.698. The van der Waals surface area contributed by atoms with Crippen LogP contribution in [0, 0.1) is 10.1 Å². The number of thiophene rings is 1. The Labute approximate surface area is 311 Å². The maximum atomic E-state index is 13.1. The number of carbonyl (C=O) groups excluding carboxylic acids is 1. The first-order chi connectivity index (χ1) is 25.2. The summed E-state index contributed by atoms with van der Waals surface area (Å²) in [6, 6.07) is 30.5. The fourth-order valence-corrected chi connectivity index (χ4v) is 8.56. The highest BCUT2D eigenvalue weighted by atomic mass is 32.2. The molecule has 1 aliphatic heterocycles. The number of ether oxygens (including phenoxy) is 1. The van der Waals surface area contributed by atoms with Gasteiger partial charge in [-0.25, -0.2) is 13.1 Å². The minimum Gasteiger partial charge on any atom is -0.494 e. The molecule has 1 fully saturated rings. The van der Waals surface area contributed by atoms with Crippen LogP contribution in [-0.2, 0) is 16.6 Å². The van der Waals surface area contributed by atoms with E-state index in [9.17, 15) is 23.3 Å². The van der Waals surface area contributed by atoms with Gasteiger partial charge in [0.15, 0.2) is 0 Å². The van der Waals surface area contributed by atoms with Crippen molar-refractivity contribution in [1.82, 2.24) is 9.62 Å². The fraction of sp³-hybridized carbons (Fsp3) is 0.237. The predicted molar refractivity (Wildman–Crippen MR) is 208 cm³/mol. The second-order valence-corrected chi connectivity index (χ2v) is 15.9. The van der Waals surface area contributed by atoms with Gasteiger partial charge in [0.2, 0.25) is 0 Å². The van der Waals surface area contributed by atoms with Crippen LogP contribution >= 0.6 is 23.1 Å². The molecule has 11 nitrogen and oxygen atoms in total. The molecule has 0 bridgehead atoms. The highest BCUT2D eigenvalue weighted by Gasteiger charge is 2.24. The molecule has 0 unspecified atom stereocenters. The molecule has 4 aromatic carbocycles. The lowest BCUT2D eigenvalue weighted by atomic mass is 10.1. The molecule has 0 spiro atoms. The van der Waals surface area contributed by atoms with Crippen LogP contribution in [0.1, 0.15) is 22.2 Å². The molecular formula is C38H39N5O6S3. The Balaban J connectivity index is 0.999. The van der Waals surface area contributed by atoms with Gasteiger partial charge in [-0.3, -0.25) is 19.8 Å². The Morgan fingerprint density at radius 3 is 2.42 bits per heavy atom. The summed E-state index contributed by atoms with van der Waals surface area (Å²) in [7, 11) is -4.38. The Hall–Kier alpha value is -4.89. The van der Waals surface area contributed by atoms with Crippen LogP contribution in [0.4, 0.5) is 17.1 Å². The van der Waals surface area contributed by atoms with Gasteiger partial charge in [0.25, 0.3) is 21.6 Å². The number of nitro benzene ring substituents is 1. The van der Waals surface area contributed by atoms with Crippen LogP contribution in [0.15, 0.2) is 118 Å². The van der Waals surface area contributed by atoms with Gasteiger partial charge in [-0.1, -0.05) is 30.3 Å². The number of amides is 1. The molecular weight excluding hydrogens is 719 g/mol. The zero-order chi connectivity index (χ0) is 36.5. The number of hydrogen-bond acceptors (Lipinski definition) is 11. The van der Waals surface area contributed by atoms with Crippen molar-refractivity contribution in [2.24, 2.45) is 0 Å². The quantitative estimate of drug-likeness (QED) is 0.0483. The molecule has 2 heterocycles. The van der Waals surface area contributed by atoms with Gasteiger partial charge in [-0.2, -0.15) is 0 Å². The number of benzene rings is 4. The molecule has 5 aromatic rings. The second kappa shape index (κ2) is 17.1. The molecule has 0 aliphatic carbocycles. The molecule has 270 valence electrons. The van der Waals surface area contributed by atoms with E-state index >= 15 is 0 Å². The first-order valence-electron chi connectivity index (χ1n) is 16.8. The van der Waals surface area contributed by atoms with E-state index in [-0.39, 0.29) is 16.1 Å². The van der Waals surface area contributed by atoms with E-state index < -0.39 is 26.5 Å². The molecule has 2 N–H and O–H groups in total. The van der Waals surface area contributed by atoms with Crippen LogP contribution in [0.5, 0.6) is 5.75 Å². The minimum absolute atomic E-state index is 0.162. The van der Waals surface area contributed by atoms with E-state index in [1.54, 1.807) is 47.4 Å². The van der Waals surface area contributed by atoms with Crippen molar-refractivity contribution in [3.8, 4) is 16.9 Å². The summed E-state index contributed by atoms with van der Waals surface area (Å²) in [5, 5.41) is 17.0. The number of rotatable bonds is 15. The maximum Gasteiger partial charge on any atom is 0.293 e. The molecule has 1 aromatic heterocycles. The minimum atomic E-state index is -4.38. The average Bonchev–Trinajstić information content (AvgIpc) is 3.63. The Morgan fingerprint density at radius 1 is 0.923 bits per heavy atom. The number of nitro groups is 1. The lowest BCUT2D eigenvalue weighted by Crippen LogP contribution is -2.45. The van der Waals surface area contributed by atoms with Crippen LogP contribution in [0.3, 0.4) is 0 Å². The number of hydrogen-bond donors (Lipinski definition) is 2. The van der Waals surface area contributed by atoms with E-state index in [0.717, 1.165) is 60.7 Å². The maximum absolute atomic E-state index is 13.1. The molecule has 14 heteroatoms. The van der Waals surface area contributed by atoms with Crippen LogP contribution in [0.2, 0.25) is 0 Å². The van der Waals surface area contributed by atoms with Gasteiger partial charge in [0.05, 0.1) is 16.4 Å². The summed E-state index contributed by atoms with van der Waals surface area (Å²) < 4.78 is 33.9. The van der Waals surface area contributed by atoms with Crippen molar-refractivity contribution >= 4 is 56.1 Å². The standard InChI is InChI=1S/C38H39N5O6S3/c1-2-49-32-8-6-7-29(23-32)30-24-34(51-27-30)26-41-18-20-42(21-19-41)31-13-11-28(12-14-31)38(44)40-52(47,48)35-15-16-36(37(25-35)43(45)46)39-17-22-50-33-9-4-3-5-10-33/h3-16,23-25,27,39H,2,17-22,26H2,1H3,(H,40,44). The Morgan fingerprint density at radius 2 is 1.69 bits per heavy atom. The Kier molecular flexibility index (Phi) is 12.1. The topological polar surface area (TPSA) is 134 Å². The van der Waals surface area contributed by atoms with Gasteiger partial charge in [-0.15, -0.1) is 23.1 Å². The number of thioether (sulfide) groups is 1. The third kappa shape index (κ3) is 9.50. The lowest BCUT2D eigenvalue weighted by Gasteiger charge is -2.36. The van der Waals surface area contributed by atoms with Crippen molar-refractivity contribution in [2.75, 3.05) is 55.3 Å². The van der Waals surface area contributed by atoms with Crippen molar-refractivity contribution in [3.63, 3.8) is 0 Å². The van der Waals surface area contributed by atoms with Gasteiger partial charge in [0.1, 0.15) is 11.4 Å². The van der Waals surface area contributed by atoms with Crippen LogP contribution < -0.4 is 19.7 Å². The molecule has 1 saturated heterocycles. The van der Waals surface area contributed by atoms with E-state index in [0.29, 0.717) is 18.9 Å².